The molecular weight excluding hydrogens is 346 g/mol. The summed E-state index contributed by atoms with van der Waals surface area (Å²) in [5, 5.41) is 0. The zero-order valence-electron chi connectivity index (χ0n) is 14.9. The molecule has 0 bridgehead atoms. The lowest BCUT2D eigenvalue weighted by Crippen LogP contribution is -2.43. The first-order valence-electron chi connectivity index (χ1n) is 8.69. The Hall–Kier alpha value is -3.35. The highest BCUT2D eigenvalue weighted by atomic mass is 16.6. The molecule has 2 heterocycles. The smallest absolute Gasteiger partial charge is 0.269 e. The molecule has 0 saturated heterocycles. The van der Waals surface area contributed by atoms with Gasteiger partial charge in [0, 0.05) is 7.05 Å². The molecule has 0 radical (unpaired) electrons. The fourth-order valence-electron chi connectivity index (χ4n) is 3.09. The van der Waals surface area contributed by atoms with Crippen molar-refractivity contribution in [3.05, 3.63) is 65.1 Å². The number of hydrogen-bond donors (Lipinski definition) is 0. The molecule has 3 aromatic rings. The van der Waals surface area contributed by atoms with Crippen LogP contribution in [-0.4, -0.2) is 46.7 Å². The number of benzene rings is 2. The van der Waals surface area contributed by atoms with E-state index in [1.54, 1.807) is 18.0 Å². The van der Waals surface area contributed by atoms with Gasteiger partial charge in [-0.1, -0.05) is 24.3 Å². The van der Waals surface area contributed by atoms with Crippen LogP contribution in [0, 0.1) is 0 Å². The summed E-state index contributed by atoms with van der Waals surface area (Å²) in [6, 6.07) is 14.7. The molecule has 7 heteroatoms. The summed E-state index contributed by atoms with van der Waals surface area (Å²) in [6.07, 6.45) is 0.977. The van der Waals surface area contributed by atoms with Gasteiger partial charge in [0.05, 0.1) is 23.8 Å². The van der Waals surface area contributed by atoms with Crippen LogP contribution < -0.4 is 15.0 Å². The maximum Gasteiger partial charge on any atom is 0.269 e. The van der Waals surface area contributed by atoms with Gasteiger partial charge in [0.1, 0.15) is 13.2 Å². The van der Waals surface area contributed by atoms with E-state index in [0.717, 1.165) is 0 Å². The van der Waals surface area contributed by atoms with Crippen molar-refractivity contribution in [3.8, 4) is 11.5 Å². The van der Waals surface area contributed by atoms with E-state index in [1.807, 2.05) is 42.5 Å². The number of rotatable bonds is 4. The van der Waals surface area contributed by atoms with E-state index in [-0.39, 0.29) is 24.1 Å². The van der Waals surface area contributed by atoms with Crippen molar-refractivity contribution in [2.45, 2.75) is 12.6 Å². The van der Waals surface area contributed by atoms with Crippen LogP contribution in [0.2, 0.25) is 0 Å². The molecule has 1 unspecified atom stereocenters. The van der Waals surface area contributed by atoms with E-state index in [9.17, 15) is 9.59 Å². The molecule has 1 atom stereocenters. The summed E-state index contributed by atoms with van der Waals surface area (Å²) in [6.45, 7) is 0.681. The van der Waals surface area contributed by atoms with Gasteiger partial charge in [-0.3, -0.25) is 14.2 Å². The first-order valence-corrected chi connectivity index (χ1v) is 8.69. The highest BCUT2D eigenvalue weighted by Gasteiger charge is 2.24. The Balaban J connectivity index is 1.46. The molecule has 1 aromatic heterocycles. The first kappa shape index (κ1) is 17.1. The van der Waals surface area contributed by atoms with E-state index in [1.165, 1.54) is 10.8 Å². The second-order valence-electron chi connectivity index (χ2n) is 6.44. The predicted molar refractivity (Wildman–Crippen MR) is 100.0 cm³/mol. The average molecular weight is 365 g/mol. The lowest BCUT2D eigenvalue weighted by Gasteiger charge is -2.29. The van der Waals surface area contributed by atoms with Gasteiger partial charge in [-0.05, 0) is 24.3 Å². The van der Waals surface area contributed by atoms with Crippen LogP contribution in [0.4, 0.5) is 0 Å². The summed E-state index contributed by atoms with van der Waals surface area (Å²) in [5.74, 6) is 1.19. The Morgan fingerprint density at radius 2 is 1.93 bits per heavy atom. The van der Waals surface area contributed by atoms with Gasteiger partial charge in [0.15, 0.2) is 17.6 Å². The van der Waals surface area contributed by atoms with Crippen LogP contribution in [0.5, 0.6) is 11.5 Å². The highest BCUT2D eigenvalue weighted by molar-refractivity contribution is 5.79. The van der Waals surface area contributed by atoms with Crippen molar-refractivity contribution >= 4 is 16.9 Å². The Bertz CT molecular complexity index is 1050. The van der Waals surface area contributed by atoms with Gasteiger partial charge >= 0.3 is 0 Å². The van der Waals surface area contributed by atoms with Gasteiger partial charge < -0.3 is 14.4 Å². The molecule has 2 aromatic carbocycles. The number of carbonyl (C=O) groups is 1. The first-order chi connectivity index (χ1) is 13.1. The third kappa shape index (κ3) is 3.48. The van der Waals surface area contributed by atoms with Gasteiger partial charge in [-0.15, -0.1) is 0 Å². The van der Waals surface area contributed by atoms with Crippen molar-refractivity contribution < 1.29 is 14.3 Å². The van der Waals surface area contributed by atoms with E-state index in [0.29, 0.717) is 35.7 Å². The Morgan fingerprint density at radius 3 is 2.78 bits per heavy atom. The minimum atomic E-state index is -0.304. The van der Waals surface area contributed by atoms with Crippen molar-refractivity contribution in [2.24, 2.45) is 0 Å². The normalized spacial score (nSPS) is 15.5. The summed E-state index contributed by atoms with van der Waals surface area (Å²) in [4.78, 5) is 30.6. The molecule has 27 heavy (non-hydrogen) atoms. The summed E-state index contributed by atoms with van der Waals surface area (Å²) in [5.41, 5.74) is 1.01. The number of nitrogens with zero attached hydrogens (tertiary/aromatic N) is 3. The van der Waals surface area contributed by atoms with E-state index in [2.05, 4.69) is 4.98 Å². The van der Waals surface area contributed by atoms with Crippen molar-refractivity contribution in [1.82, 2.24) is 14.5 Å². The van der Waals surface area contributed by atoms with Crippen molar-refractivity contribution in [1.29, 1.82) is 0 Å². The third-order valence-electron chi connectivity index (χ3n) is 4.52. The molecule has 4 rings (SSSR count). The average Bonchev–Trinajstić information content (AvgIpc) is 2.70. The zero-order valence-corrected chi connectivity index (χ0v) is 14.9. The summed E-state index contributed by atoms with van der Waals surface area (Å²) in [7, 11) is 1.70. The highest BCUT2D eigenvalue weighted by Crippen LogP contribution is 2.30. The van der Waals surface area contributed by atoms with Crippen molar-refractivity contribution in [3.63, 3.8) is 0 Å². The fraction of sp³-hybridized carbons (Fsp3) is 0.250. The van der Waals surface area contributed by atoms with Crippen LogP contribution >= 0.6 is 0 Å². The fourth-order valence-corrected chi connectivity index (χ4v) is 3.09. The largest absolute Gasteiger partial charge is 0.486 e. The molecule has 0 N–H and O–H groups in total. The van der Waals surface area contributed by atoms with Gasteiger partial charge in [-0.2, -0.15) is 0 Å². The number of hydrogen-bond acceptors (Lipinski definition) is 5. The standard InChI is InChI=1S/C20H19N3O4/c1-22(11-14-13-26-17-8-4-5-9-18(17)27-14)20(25)12-23-16-7-3-2-6-15(16)21-10-19(23)24/h2-10,14H,11-13H2,1H3. The molecule has 7 nitrogen and oxygen atoms in total. The number of ether oxygens (including phenoxy) is 2. The number of para-hydroxylation sites is 4. The maximum absolute atomic E-state index is 12.7. The predicted octanol–water partition coefficient (Wildman–Crippen LogP) is 1.69. The molecule has 138 valence electrons. The molecule has 0 fully saturated rings. The van der Waals surface area contributed by atoms with Crippen molar-refractivity contribution in [2.75, 3.05) is 20.2 Å². The van der Waals surface area contributed by atoms with Crippen LogP contribution in [-0.2, 0) is 11.3 Å². The quantitative estimate of drug-likeness (QED) is 0.704. The van der Waals surface area contributed by atoms with Crippen LogP contribution in [0.25, 0.3) is 11.0 Å². The minimum Gasteiger partial charge on any atom is -0.486 e. The molecule has 1 amide bonds. The van der Waals surface area contributed by atoms with Gasteiger partial charge in [0.25, 0.3) is 5.56 Å². The molecule has 0 aliphatic carbocycles. The molecule has 1 aliphatic heterocycles. The topological polar surface area (TPSA) is 73.7 Å². The molecule has 0 saturated carbocycles. The van der Waals surface area contributed by atoms with Gasteiger partial charge in [-0.25, -0.2) is 4.98 Å². The molecule has 1 aliphatic rings. The number of fused-ring (bicyclic) bond motifs is 2. The number of amides is 1. The third-order valence-corrected chi connectivity index (χ3v) is 4.52. The second kappa shape index (κ2) is 7.11. The lowest BCUT2D eigenvalue weighted by atomic mass is 10.2. The summed E-state index contributed by atoms with van der Waals surface area (Å²) >= 11 is 0. The minimum absolute atomic E-state index is 0.0530. The Labute approximate surface area is 155 Å². The van der Waals surface area contributed by atoms with Crippen LogP contribution in [0.15, 0.2) is 59.5 Å². The summed E-state index contributed by atoms with van der Waals surface area (Å²) < 4.78 is 13.0. The Kier molecular flexibility index (Phi) is 4.50. The number of carbonyl (C=O) groups excluding carboxylic acids is 1. The molecule has 0 spiro atoms. The van der Waals surface area contributed by atoms with E-state index >= 15 is 0 Å². The van der Waals surface area contributed by atoms with E-state index in [4.69, 9.17) is 9.47 Å². The van der Waals surface area contributed by atoms with E-state index < -0.39 is 0 Å². The monoisotopic (exact) mass is 365 g/mol. The van der Waals surface area contributed by atoms with Gasteiger partial charge in [0.2, 0.25) is 5.91 Å². The number of likely N-dealkylation sites (N-methyl/N-ethyl adjacent to an activating group) is 1. The SMILES string of the molecule is CN(CC1COc2ccccc2O1)C(=O)Cn1c(=O)cnc2ccccc21. The van der Waals surface area contributed by atoms with Crippen LogP contribution in [0.1, 0.15) is 0 Å². The second-order valence-corrected chi connectivity index (χ2v) is 6.44. The maximum atomic E-state index is 12.7. The zero-order chi connectivity index (χ0) is 18.8. The number of aromatic nitrogens is 2. The molecular formula is C20H19N3O4. The lowest BCUT2D eigenvalue weighted by molar-refractivity contribution is -0.131. The van der Waals surface area contributed by atoms with Crippen LogP contribution in [0.3, 0.4) is 0 Å². The Morgan fingerprint density at radius 1 is 1.19 bits per heavy atom.